The SMILES string of the molecule is CC(C)(C)c1ccc(N2c3ccc(C(C)(C)C)cc3B3c4c2c2c5cc(C(C)(C)C)ncc5n5c6cnccc6c(c4-n4c6ccc(C(C)(C)C)cc6c6nccc3c64)c25)cc1. The summed E-state index contributed by atoms with van der Waals surface area (Å²) in [5.74, 6) is 0. The second-order valence-corrected chi connectivity index (χ2v) is 22.3. The highest BCUT2D eigenvalue weighted by atomic mass is 15.2. The van der Waals surface area contributed by atoms with Crippen molar-refractivity contribution in [2.75, 3.05) is 4.90 Å². The van der Waals surface area contributed by atoms with Crippen LogP contribution in [0.2, 0.25) is 0 Å². The van der Waals surface area contributed by atoms with Gasteiger partial charge in [-0.05, 0) is 97.9 Å². The highest BCUT2D eigenvalue weighted by molar-refractivity contribution is 7.01. The maximum atomic E-state index is 5.27. The van der Waals surface area contributed by atoms with Crippen LogP contribution < -0.4 is 21.3 Å². The van der Waals surface area contributed by atoms with Crippen molar-refractivity contribution < 1.29 is 0 Å². The molecule has 2 aliphatic rings. The maximum absolute atomic E-state index is 5.27. The van der Waals surface area contributed by atoms with E-state index in [1.807, 2.05) is 6.20 Å². The Hall–Kier alpha value is -6.21. The number of fused-ring (bicyclic) bond motifs is 15. The summed E-state index contributed by atoms with van der Waals surface area (Å²) in [7, 11) is 0. The Labute approximate surface area is 364 Å². The molecule has 2 aliphatic heterocycles. The van der Waals surface area contributed by atoms with Crippen molar-refractivity contribution in [1.29, 1.82) is 0 Å². The topological polar surface area (TPSA) is 51.3 Å². The van der Waals surface area contributed by atoms with E-state index in [0.717, 1.165) is 27.9 Å². The molecule has 62 heavy (non-hydrogen) atoms. The standard InChI is InChI=1S/C55H53BN6/c1-52(2,3)30-13-17-33(18-14-30)60-40-20-16-32(54(7,8)9)26-38(40)56-37-22-24-58-47-36-25-31(53(4,5)6)15-19-39(36)62(48(37)47)51-44-34-21-23-57-28-41(34)61-42-29-59-43(55(10,11)12)27-35(42)45(49(44)61)50(60)46(51)56/h13-29H,1-12H3. The molecule has 0 saturated heterocycles. The van der Waals surface area contributed by atoms with Crippen molar-refractivity contribution in [1.82, 2.24) is 23.9 Å². The number of anilines is 3. The van der Waals surface area contributed by atoms with E-state index in [4.69, 9.17) is 15.0 Å². The van der Waals surface area contributed by atoms with Gasteiger partial charge in [-0.1, -0.05) is 113 Å². The molecule has 0 saturated carbocycles. The normalized spacial score (nSPS) is 14.4. The van der Waals surface area contributed by atoms with Gasteiger partial charge in [0.05, 0.1) is 56.9 Å². The summed E-state index contributed by atoms with van der Waals surface area (Å²) in [6.07, 6.45) is 8.20. The fourth-order valence-electron chi connectivity index (χ4n) is 10.9. The largest absolute Gasteiger partial charge is 0.311 e. The Morgan fingerprint density at radius 1 is 0.500 bits per heavy atom. The molecule has 0 amide bonds. The van der Waals surface area contributed by atoms with Crippen LogP contribution in [-0.2, 0) is 21.7 Å². The summed E-state index contributed by atoms with van der Waals surface area (Å²) in [6, 6.07) is 30.7. The predicted molar refractivity (Wildman–Crippen MR) is 263 cm³/mol. The van der Waals surface area contributed by atoms with Crippen molar-refractivity contribution in [3.8, 4) is 5.69 Å². The highest BCUT2D eigenvalue weighted by Crippen LogP contribution is 2.52. The van der Waals surface area contributed by atoms with Crippen molar-refractivity contribution in [2.45, 2.75) is 105 Å². The van der Waals surface area contributed by atoms with E-state index in [1.165, 1.54) is 93.6 Å². The lowest BCUT2D eigenvalue weighted by atomic mass is 9.33. The van der Waals surface area contributed by atoms with E-state index in [9.17, 15) is 0 Å². The number of hydrogen-bond acceptors (Lipinski definition) is 4. The Bertz CT molecular complexity index is 3560. The van der Waals surface area contributed by atoms with Crippen LogP contribution in [-0.4, -0.2) is 30.6 Å². The molecule has 6 aromatic heterocycles. The van der Waals surface area contributed by atoms with Crippen molar-refractivity contribution >= 4 is 100 Å². The van der Waals surface area contributed by atoms with Crippen LogP contribution in [0.15, 0.2) is 104 Å². The summed E-state index contributed by atoms with van der Waals surface area (Å²) in [5, 5.41) is 6.12. The van der Waals surface area contributed by atoms with Gasteiger partial charge < -0.3 is 13.9 Å². The summed E-state index contributed by atoms with van der Waals surface area (Å²) >= 11 is 0. The second-order valence-electron chi connectivity index (χ2n) is 22.3. The van der Waals surface area contributed by atoms with Gasteiger partial charge >= 0.3 is 0 Å². The van der Waals surface area contributed by atoms with Gasteiger partial charge in [-0.3, -0.25) is 15.0 Å². The number of rotatable bonds is 1. The first-order chi connectivity index (χ1) is 29.3. The van der Waals surface area contributed by atoms with E-state index < -0.39 is 0 Å². The minimum Gasteiger partial charge on any atom is -0.311 e. The van der Waals surface area contributed by atoms with Crippen LogP contribution in [0, 0.1) is 0 Å². The lowest BCUT2D eigenvalue weighted by Crippen LogP contribution is -2.60. The Morgan fingerprint density at radius 3 is 1.87 bits per heavy atom. The van der Waals surface area contributed by atoms with Gasteiger partial charge in [0.25, 0.3) is 6.71 Å². The first kappa shape index (κ1) is 37.5. The molecule has 8 heterocycles. The number of aromatic nitrogens is 5. The maximum Gasteiger partial charge on any atom is 0.252 e. The lowest BCUT2D eigenvalue weighted by Gasteiger charge is -2.41. The van der Waals surface area contributed by atoms with Crippen LogP contribution in [0.4, 0.5) is 17.1 Å². The Kier molecular flexibility index (Phi) is 7.16. The third-order valence-electron chi connectivity index (χ3n) is 14.2. The molecular formula is C55H53BN6. The molecule has 12 rings (SSSR count). The molecule has 7 heteroatoms. The molecule has 0 fully saturated rings. The number of benzene rings is 4. The van der Waals surface area contributed by atoms with Crippen molar-refractivity contribution in [2.24, 2.45) is 0 Å². The molecule has 0 bridgehead atoms. The average Bonchev–Trinajstić information content (AvgIpc) is 3.86. The van der Waals surface area contributed by atoms with Crippen LogP contribution in [0.25, 0.3) is 65.7 Å². The molecule has 0 atom stereocenters. The second kappa shape index (κ2) is 11.8. The monoisotopic (exact) mass is 808 g/mol. The van der Waals surface area contributed by atoms with Gasteiger partial charge in [0.2, 0.25) is 0 Å². The molecule has 0 unspecified atom stereocenters. The first-order valence-electron chi connectivity index (χ1n) is 22.3. The van der Waals surface area contributed by atoms with Crippen LogP contribution in [0.5, 0.6) is 0 Å². The molecule has 6 nitrogen and oxygen atoms in total. The number of hydrogen-bond donors (Lipinski definition) is 0. The molecule has 0 N–H and O–H groups in total. The third-order valence-corrected chi connectivity index (χ3v) is 14.2. The highest BCUT2D eigenvalue weighted by Gasteiger charge is 2.46. The van der Waals surface area contributed by atoms with Gasteiger partial charge in [0.1, 0.15) is 0 Å². The van der Waals surface area contributed by atoms with Gasteiger partial charge in [0, 0.05) is 61.8 Å². The van der Waals surface area contributed by atoms with Gasteiger partial charge in [-0.2, -0.15) is 0 Å². The zero-order chi connectivity index (χ0) is 43.2. The molecule has 0 spiro atoms. The van der Waals surface area contributed by atoms with E-state index in [-0.39, 0.29) is 28.4 Å². The van der Waals surface area contributed by atoms with Crippen molar-refractivity contribution in [3.63, 3.8) is 0 Å². The van der Waals surface area contributed by atoms with Gasteiger partial charge in [-0.15, -0.1) is 0 Å². The Morgan fingerprint density at radius 2 is 1.16 bits per heavy atom. The molecule has 10 aromatic rings. The molecule has 306 valence electrons. The first-order valence-corrected chi connectivity index (χ1v) is 22.3. The predicted octanol–water partition coefficient (Wildman–Crippen LogP) is 11.9. The summed E-state index contributed by atoms with van der Waals surface area (Å²) in [5.41, 5.74) is 20.5. The van der Waals surface area contributed by atoms with Crippen LogP contribution in [0.3, 0.4) is 0 Å². The van der Waals surface area contributed by atoms with Crippen LogP contribution >= 0.6 is 0 Å². The average molecular weight is 809 g/mol. The van der Waals surface area contributed by atoms with Crippen molar-refractivity contribution in [3.05, 3.63) is 126 Å². The zero-order valence-electron chi connectivity index (χ0n) is 38.1. The smallest absolute Gasteiger partial charge is 0.252 e. The van der Waals surface area contributed by atoms with E-state index >= 15 is 0 Å². The minimum atomic E-state index is -0.144. The summed E-state index contributed by atoms with van der Waals surface area (Å²) in [4.78, 5) is 17.9. The molecule has 0 aliphatic carbocycles. The minimum absolute atomic E-state index is 0.0185. The van der Waals surface area contributed by atoms with Gasteiger partial charge in [0.15, 0.2) is 0 Å². The van der Waals surface area contributed by atoms with E-state index in [2.05, 4.69) is 194 Å². The zero-order valence-corrected chi connectivity index (χ0v) is 38.1. The van der Waals surface area contributed by atoms with E-state index in [1.54, 1.807) is 0 Å². The third kappa shape index (κ3) is 4.85. The quantitative estimate of drug-likeness (QED) is 0.155. The summed E-state index contributed by atoms with van der Waals surface area (Å²) < 4.78 is 5.06. The summed E-state index contributed by atoms with van der Waals surface area (Å²) in [6.45, 7) is 27.6. The lowest BCUT2D eigenvalue weighted by molar-refractivity contribution is 0.570. The molecule has 4 aromatic carbocycles. The van der Waals surface area contributed by atoms with Gasteiger partial charge in [-0.25, -0.2) is 0 Å². The van der Waals surface area contributed by atoms with E-state index in [0.29, 0.717) is 0 Å². The molecule has 0 radical (unpaired) electrons. The number of nitrogens with zero attached hydrogens (tertiary/aromatic N) is 6. The fraction of sp³-hybridized carbons (Fsp3) is 0.291. The number of pyridine rings is 3. The Balaban J connectivity index is 1.37. The van der Waals surface area contributed by atoms with Crippen LogP contribution in [0.1, 0.15) is 105 Å². The fourth-order valence-corrected chi connectivity index (χ4v) is 10.9. The molecular weight excluding hydrogens is 755 g/mol.